The third-order valence-corrected chi connectivity index (χ3v) is 4.18. The van der Waals surface area contributed by atoms with E-state index in [-0.39, 0.29) is 5.60 Å². The minimum absolute atomic E-state index is 0.103. The molecule has 104 valence electrons. The van der Waals surface area contributed by atoms with E-state index in [1.54, 1.807) is 0 Å². The number of hydrogen-bond donors (Lipinski definition) is 1. The smallest absolute Gasteiger partial charge is 0.123 e. The quantitative estimate of drug-likeness (QED) is 0.907. The molecular formula is C16H23NO2. The lowest BCUT2D eigenvalue weighted by Crippen LogP contribution is -2.39. The number of ether oxygens (including phenoxy) is 2. The molecule has 2 heterocycles. The summed E-state index contributed by atoms with van der Waals surface area (Å²) in [5, 5.41) is 3.40. The van der Waals surface area contributed by atoms with Crippen LogP contribution in [0.2, 0.25) is 0 Å². The highest BCUT2D eigenvalue weighted by molar-refractivity contribution is 5.41. The molecule has 0 spiro atoms. The molecule has 1 unspecified atom stereocenters. The van der Waals surface area contributed by atoms with Crippen LogP contribution in [-0.4, -0.2) is 25.4 Å². The lowest BCUT2D eigenvalue weighted by Gasteiger charge is -2.34. The van der Waals surface area contributed by atoms with Gasteiger partial charge >= 0.3 is 0 Å². The van der Waals surface area contributed by atoms with E-state index < -0.39 is 0 Å². The van der Waals surface area contributed by atoms with E-state index in [2.05, 4.69) is 30.4 Å². The average molecular weight is 261 g/mol. The second-order valence-electron chi connectivity index (χ2n) is 5.86. The van der Waals surface area contributed by atoms with Crippen LogP contribution in [0, 0.1) is 0 Å². The van der Waals surface area contributed by atoms with E-state index in [0.717, 1.165) is 38.3 Å². The summed E-state index contributed by atoms with van der Waals surface area (Å²) in [6.45, 7) is 5.71. The minimum atomic E-state index is -0.103. The maximum absolute atomic E-state index is 6.09. The van der Waals surface area contributed by atoms with Crippen molar-refractivity contribution in [3.05, 3.63) is 29.3 Å². The van der Waals surface area contributed by atoms with E-state index in [1.807, 2.05) is 0 Å². The van der Waals surface area contributed by atoms with Crippen LogP contribution in [0.25, 0.3) is 0 Å². The summed E-state index contributed by atoms with van der Waals surface area (Å²) < 4.78 is 12.0. The first-order valence-corrected chi connectivity index (χ1v) is 7.35. The van der Waals surface area contributed by atoms with Crippen molar-refractivity contribution in [2.24, 2.45) is 0 Å². The van der Waals surface area contributed by atoms with Crippen molar-refractivity contribution >= 4 is 0 Å². The summed E-state index contributed by atoms with van der Waals surface area (Å²) in [6.07, 6.45) is 4.59. The normalized spacial score (nSPS) is 26.8. The number of rotatable bonds is 3. The van der Waals surface area contributed by atoms with Gasteiger partial charge in [-0.25, -0.2) is 0 Å². The summed E-state index contributed by atoms with van der Waals surface area (Å²) >= 11 is 0. The van der Waals surface area contributed by atoms with Crippen molar-refractivity contribution in [1.29, 1.82) is 0 Å². The molecule has 0 radical (unpaired) electrons. The standard InChI is InChI=1S/C16H23NO2/c1-16(8-2-3-10-19-16)12-18-15-6-4-5-13-11-17-9-7-14(13)15/h4-6,17H,2-3,7-12H2,1H3. The predicted molar refractivity (Wildman–Crippen MR) is 75.6 cm³/mol. The Bertz CT molecular complexity index is 438. The van der Waals surface area contributed by atoms with E-state index in [4.69, 9.17) is 9.47 Å². The summed E-state index contributed by atoms with van der Waals surface area (Å²) in [5.41, 5.74) is 2.65. The Balaban J connectivity index is 1.69. The van der Waals surface area contributed by atoms with Crippen molar-refractivity contribution in [3.63, 3.8) is 0 Å². The molecule has 1 aromatic carbocycles. The Morgan fingerprint density at radius 1 is 1.37 bits per heavy atom. The second kappa shape index (κ2) is 5.51. The summed E-state index contributed by atoms with van der Waals surface area (Å²) in [7, 11) is 0. The van der Waals surface area contributed by atoms with Gasteiger partial charge in [0.05, 0.1) is 5.60 Å². The van der Waals surface area contributed by atoms with Crippen molar-refractivity contribution < 1.29 is 9.47 Å². The van der Waals surface area contributed by atoms with Gasteiger partial charge in [0, 0.05) is 13.2 Å². The van der Waals surface area contributed by atoms with Crippen LogP contribution in [0.1, 0.15) is 37.3 Å². The van der Waals surface area contributed by atoms with Crippen LogP contribution in [0.15, 0.2) is 18.2 Å². The molecule has 19 heavy (non-hydrogen) atoms. The fourth-order valence-electron chi connectivity index (χ4n) is 2.97. The largest absolute Gasteiger partial charge is 0.490 e. The van der Waals surface area contributed by atoms with Crippen LogP contribution < -0.4 is 10.1 Å². The second-order valence-corrected chi connectivity index (χ2v) is 5.86. The zero-order valence-electron chi connectivity index (χ0n) is 11.7. The minimum Gasteiger partial charge on any atom is -0.490 e. The van der Waals surface area contributed by atoms with E-state index in [0.29, 0.717) is 6.61 Å². The third-order valence-electron chi connectivity index (χ3n) is 4.18. The lowest BCUT2D eigenvalue weighted by atomic mass is 9.96. The number of nitrogens with one attached hydrogen (secondary N) is 1. The SMILES string of the molecule is CC1(COc2cccc3c2CCNC3)CCCCO1. The van der Waals surface area contributed by atoms with Crippen LogP contribution in [-0.2, 0) is 17.7 Å². The molecule has 1 N–H and O–H groups in total. The lowest BCUT2D eigenvalue weighted by molar-refractivity contribution is -0.0889. The summed E-state index contributed by atoms with van der Waals surface area (Å²) in [5.74, 6) is 1.05. The first-order chi connectivity index (χ1) is 9.27. The highest BCUT2D eigenvalue weighted by Crippen LogP contribution is 2.29. The van der Waals surface area contributed by atoms with Gasteiger partial charge < -0.3 is 14.8 Å². The van der Waals surface area contributed by atoms with Crippen LogP contribution in [0.4, 0.5) is 0 Å². The predicted octanol–water partition coefficient (Wildman–Crippen LogP) is 2.67. The molecule has 0 amide bonds. The molecule has 3 nitrogen and oxygen atoms in total. The topological polar surface area (TPSA) is 30.5 Å². The molecule has 3 rings (SSSR count). The summed E-state index contributed by atoms with van der Waals surface area (Å²) in [4.78, 5) is 0. The van der Waals surface area contributed by atoms with E-state index in [1.165, 1.54) is 24.0 Å². The van der Waals surface area contributed by atoms with Gasteiger partial charge in [0.2, 0.25) is 0 Å². The molecule has 3 heteroatoms. The maximum Gasteiger partial charge on any atom is 0.123 e. The first kappa shape index (κ1) is 12.9. The summed E-state index contributed by atoms with van der Waals surface area (Å²) in [6, 6.07) is 6.37. The number of fused-ring (bicyclic) bond motifs is 1. The zero-order valence-corrected chi connectivity index (χ0v) is 11.7. The van der Waals surface area contributed by atoms with Gasteiger partial charge in [0.1, 0.15) is 12.4 Å². The number of hydrogen-bond acceptors (Lipinski definition) is 3. The molecule has 2 aliphatic heterocycles. The highest BCUT2D eigenvalue weighted by Gasteiger charge is 2.29. The van der Waals surface area contributed by atoms with Crippen LogP contribution in [0.5, 0.6) is 5.75 Å². The highest BCUT2D eigenvalue weighted by atomic mass is 16.5. The molecule has 0 aromatic heterocycles. The van der Waals surface area contributed by atoms with Crippen molar-refractivity contribution in [2.75, 3.05) is 19.8 Å². The van der Waals surface area contributed by atoms with Crippen molar-refractivity contribution in [1.82, 2.24) is 5.32 Å². The van der Waals surface area contributed by atoms with Gasteiger partial charge in [0.15, 0.2) is 0 Å². The average Bonchev–Trinajstić information content (AvgIpc) is 2.46. The molecule has 0 bridgehead atoms. The molecule has 1 atom stereocenters. The fraction of sp³-hybridized carbons (Fsp3) is 0.625. The van der Waals surface area contributed by atoms with Crippen molar-refractivity contribution in [3.8, 4) is 5.75 Å². The van der Waals surface area contributed by atoms with Crippen LogP contribution >= 0.6 is 0 Å². The Morgan fingerprint density at radius 2 is 2.32 bits per heavy atom. The Morgan fingerprint density at radius 3 is 3.16 bits per heavy atom. The molecule has 1 saturated heterocycles. The van der Waals surface area contributed by atoms with Crippen molar-refractivity contribution in [2.45, 2.75) is 44.8 Å². The van der Waals surface area contributed by atoms with Gasteiger partial charge in [-0.15, -0.1) is 0 Å². The number of benzene rings is 1. The molecule has 1 fully saturated rings. The Labute approximate surface area is 115 Å². The Hall–Kier alpha value is -1.06. The van der Waals surface area contributed by atoms with Gasteiger partial charge in [-0.2, -0.15) is 0 Å². The zero-order chi connectivity index (χ0) is 13.1. The van der Waals surface area contributed by atoms with Gasteiger partial charge in [-0.3, -0.25) is 0 Å². The maximum atomic E-state index is 6.09. The van der Waals surface area contributed by atoms with E-state index >= 15 is 0 Å². The van der Waals surface area contributed by atoms with Gasteiger partial charge in [-0.05, 0) is 56.3 Å². The molecule has 2 aliphatic rings. The third kappa shape index (κ3) is 2.93. The van der Waals surface area contributed by atoms with Crippen LogP contribution in [0.3, 0.4) is 0 Å². The molecule has 1 aromatic rings. The first-order valence-electron chi connectivity index (χ1n) is 7.35. The molecule has 0 aliphatic carbocycles. The van der Waals surface area contributed by atoms with Gasteiger partial charge in [0.25, 0.3) is 0 Å². The van der Waals surface area contributed by atoms with Gasteiger partial charge in [-0.1, -0.05) is 12.1 Å². The molecule has 0 saturated carbocycles. The van der Waals surface area contributed by atoms with E-state index in [9.17, 15) is 0 Å². The molecular weight excluding hydrogens is 238 g/mol. The monoisotopic (exact) mass is 261 g/mol. The fourth-order valence-corrected chi connectivity index (χ4v) is 2.97. The Kier molecular flexibility index (Phi) is 3.76.